The first kappa shape index (κ1) is 16.9. The van der Waals surface area contributed by atoms with Crippen LogP contribution in [0.2, 0.25) is 0 Å². The monoisotopic (exact) mass is 335 g/mol. The van der Waals surface area contributed by atoms with Crippen molar-refractivity contribution in [1.29, 1.82) is 0 Å². The average Bonchev–Trinajstić information content (AvgIpc) is 2.64. The van der Waals surface area contributed by atoms with Gasteiger partial charge in [-0.1, -0.05) is 50.2 Å². The van der Waals surface area contributed by atoms with Crippen molar-refractivity contribution in [2.24, 2.45) is 7.05 Å². The van der Waals surface area contributed by atoms with Crippen molar-refractivity contribution in [3.05, 3.63) is 70.1 Å². The van der Waals surface area contributed by atoms with Gasteiger partial charge in [0.1, 0.15) is 0 Å². The second-order valence-corrected chi connectivity index (χ2v) is 6.17. The summed E-state index contributed by atoms with van der Waals surface area (Å²) in [7, 11) is 1.55. The smallest absolute Gasteiger partial charge is 0.276 e. The van der Waals surface area contributed by atoms with Crippen LogP contribution < -0.4 is 10.9 Å². The Morgan fingerprint density at radius 2 is 1.76 bits per heavy atom. The number of hydrogen-bond acceptors (Lipinski definition) is 3. The lowest BCUT2D eigenvalue weighted by Crippen LogP contribution is -2.25. The normalized spacial score (nSPS) is 12.1. The Labute approximate surface area is 146 Å². The maximum absolute atomic E-state index is 12.9. The minimum Gasteiger partial charge on any atom is -0.320 e. The first-order valence-electron chi connectivity index (χ1n) is 8.39. The number of benzene rings is 2. The molecule has 0 saturated carbocycles. The third-order valence-electron chi connectivity index (χ3n) is 4.52. The number of aromatic nitrogens is 2. The number of rotatable bonds is 4. The van der Waals surface area contributed by atoms with Crippen LogP contribution in [-0.2, 0) is 7.05 Å². The van der Waals surface area contributed by atoms with E-state index in [1.165, 1.54) is 4.68 Å². The Balaban J connectivity index is 2.05. The fourth-order valence-electron chi connectivity index (χ4n) is 2.91. The summed E-state index contributed by atoms with van der Waals surface area (Å²) in [6.07, 6.45) is 0.980. The van der Waals surface area contributed by atoms with Crippen LogP contribution in [0.5, 0.6) is 0 Å². The minimum atomic E-state index is -0.317. The molecule has 5 heteroatoms. The number of hydrogen-bond donors (Lipinski definition) is 1. The van der Waals surface area contributed by atoms with E-state index in [9.17, 15) is 9.59 Å². The Morgan fingerprint density at radius 3 is 2.48 bits per heavy atom. The van der Waals surface area contributed by atoms with Crippen LogP contribution in [0.25, 0.3) is 10.8 Å². The predicted molar refractivity (Wildman–Crippen MR) is 100 cm³/mol. The Bertz CT molecular complexity index is 992. The van der Waals surface area contributed by atoms with E-state index < -0.39 is 0 Å². The summed E-state index contributed by atoms with van der Waals surface area (Å²) in [6, 6.07) is 14.8. The second-order valence-electron chi connectivity index (χ2n) is 6.17. The molecule has 3 aromatic rings. The van der Waals surface area contributed by atoms with E-state index in [0.717, 1.165) is 17.7 Å². The maximum Gasteiger partial charge on any atom is 0.276 e. The largest absolute Gasteiger partial charge is 0.320 e. The maximum atomic E-state index is 12.9. The average molecular weight is 335 g/mol. The number of amides is 1. The van der Waals surface area contributed by atoms with Gasteiger partial charge in [0.05, 0.1) is 5.39 Å². The van der Waals surface area contributed by atoms with Gasteiger partial charge in [-0.2, -0.15) is 5.10 Å². The molecular formula is C20H21N3O2. The highest BCUT2D eigenvalue weighted by atomic mass is 16.2. The summed E-state index contributed by atoms with van der Waals surface area (Å²) in [5.41, 5.74) is 1.90. The molecule has 0 saturated heterocycles. The number of carbonyl (C=O) groups excluding carboxylic acids is 1. The lowest BCUT2D eigenvalue weighted by Gasteiger charge is -2.16. The van der Waals surface area contributed by atoms with Crippen LogP contribution in [-0.4, -0.2) is 15.7 Å². The van der Waals surface area contributed by atoms with Gasteiger partial charge in [-0.05, 0) is 30.0 Å². The standard InChI is InChI=1S/C20H21N3O2/c1-4-13(2)14-9-7-8-12-17(14)21-19(24)18-15-10-5-6-11-16(15)20(25)23(3)22-18/h5-13H,4H2,1-3H3,(H,21,24). The minimum absolute atomic E-state index is 0.216. The molecular weight excluding hydrogens is 314 g/mol. The number of nitrogens with one attached hydrogen (secondary N) is 1. The zero-order chi connectivity index (χ0) is 18.0. The predicted octanol–water partition coefficient (Wildman–Crippen LogP) is 3.70. The van der Waals surface area contributed by atoms with Gasteiger partial charge in [-0.3, -0.25) is 9.59 Å². The molecule has 0 fully saturated rings. The highest BCUT2D eigenvalue weighted by Gasteiger charge is 2.17. The van der Waals surface area contributed by atoms with E-state index in [1.54, 1.807) is 31.3 Å². The lowest BCUT2D eigenvalue weighted by molar-refractivity contribution is 0.102. The summed E-state index contributed by atoms with van der Waals surface area (Å²) < 4.78 is 1.21. The Kier molecular flexibility index (Phi) is 4.65. The highest BCUT2D eigenvalue weighted by molar-refractivity contribution is 6.11. The number of aryl methyl sites for hydroxylation is 1. The SMILES string of the molecule is CCC(C)c1ccccc1NC(=O)c1nn(C)c(=O)c2ccccc12. The van der Waals surface area contributed by atoms with Crippen LogP contribution >= 0.6 is 0 Å². The van der Waals surface area contributed by atoms with E-state index in [-0.39, 0.29) is 17.2 Å². The number of nitrogens with zero attached hydrogens (tertiary/aromatic N) is 2. The van der Waals surface area contributed by atoms with Gasteiger partial charge >= 0.3 is 0 Å². The van der Waals surface area contributed by atoms with Crippen molar-refractivity contribution in [3.63, 3.8) is 0 Å². The van der Waals surface area contributed by atoms with Gasteiger partial charge < -0.3 is 5.32 Å². The molecule has 0 aliphatic rings. The van der Waals surface area contributed by atoms with Gasteiger partial charge in [0.15, 0.2) is 5.69 Å². The fourth-order valence-corrected chi connectivity index (χ4v) is 2.91. The molecule has 0 radical (unpaired) electrons. The van der Waals surface area contributed by atoms with Gasteiger partial charge in [0.2, 0.25) is 0 Å². The molecule has 1 amide bonds. The zero-order valence-corrected chi connectivity index (χ0v) is 14.6. The summed E-state index contributed by atoms with van der Waals surface area (Å²) in [5.74, 6) is 0.0175. The van der Waals surface area contributed by atoms with E-state index in [1.807, 2.05) is 24.3 Å². The molecule has 2 aromatic carbocycles. The highest BCUT2D eigenvalue weighted by Crippen LogP contribution is 2.27. The molecule has 1 heterocycles. The van der Waals surface area contributed by atoms with E-state index in [0.29, 0.717) is 16.7 Å². The van der Waals surface area contributed by atoms with Gasteiger partial charge in [-0.25, -0.2) is 4.68 Å². The number of fused-ring (bicyclic) bond motifs is 1. The van der Waals surface area contributed by atoms with Gasteiger partial charge in [0, 0.05) is 18.1 Å². The lowest BCUT2D eigenvalue weighted by atomic mass is 9.97. The number of carbonyl (C=O) groups is 1. The van der Waals surface area contributed by atoms with Crippen molar-refractivity contribution in [1.82, 2.24) is 9.78 Å². The second kappa shape index (κ2) is 6.89. The van der Waals surface area contributed by atoms with Gasteiger partial charge in [-0.15, -0.1) is 0 Å². The molecule has 25 heavy (non-hydrogen) atoms. The molecule has 1 N–H and O–H groups in total. The topological polar surface area (TPSA) is 64.0 Å². The van der Waals surface area contributed by atoms with Crippen LogP contribution in [0.1, 0.15) is 42.2 Å². The van der Waals surface area contributed by atoms with Crippen molar-refractivity contribution < 1.29 is 4.79 Å². The molecule has 5 nitrogen and oxygen atoms in total. The molecule has 1 aromatic heterocycles. The van der Waals surface area contributed by atoms with Crippen molar-refractivity contribution >= 4 is 22.4 Å². The Hall–Kier alpha value is -2.95. The number of anilines is 1. The van der Waals surface area contributed by atoms with Crippen LogP contribution in [0.3, 0.4) is 0 Å². The van der Waals surface area contributed by atoms with Crippen LogP contribution in [0.15, 0.2) is 53.3 Å². The Morgan fingerprint density at radius 1 is 1.12 bits per heavy atom. The molecule has 3 rings (SSSR count). The first-order valence-corrected chi connectivity index (χ1v) is 8.39. The number of para-hydroxylation sites is 1. The van der Waals surface area contributed by atoms with Crippen molar-refractivity contribution in [2.45, 2.75) is 26.2 Å². The molecule has 128 valence electrons. The fraction of sp³-hybridized carbons (Fsp3) is 0.250. The molecule has 0 aliphatic heterocycles. The van der Waals surface area contributed by atoms with Crippen molar-refractivity contribution in [2.75, 3.05) is 5.32 Å². The molecule has 1 atom stereocenters. The third-order valence-corrected chi connectivity index (χ3v) is 4.52. The molecule has 1 unspecified atom stereocenters. The summed E-state index contributed by atoms with van der Waals surface area (Å²) in [5, 5.41) is 8.19. The van der Waals surface area contributed by atoms with Gasteiger partial charge in [0.25, 0.3) is 11.5 Å². The summed E-state index contributed by atoms with van der Waals surface area (Å²) >= 11 is 0. The van der Waals surface area contributed by atoms with E-state index in [4.69, 9.17) is 0 Å². The molecule has 0 spiro atoms. The summed E-state index contributed by atoms with van der Waals surface area (Å²) in [6.45, 7) is 4.25. The third kappa shape index (κ3) is 3.18. The quantitative estimate of drug-likeness (QED) is 0.791. The molecule has 0 aliphatic carbocycles. The van der Waals surface area contributed by atoms with E-state index in [2.05, 4.69) is 24.3 Å². The van der Waals surface area contributed by atoms with Crippen LogP contribution in [0.4, 0.5) is 5.69 Å². The van der Waals surface area contributed by atoms with E-state index >= 15 is 0 Å². The van der Waals surface area contributed by atoms with Crippen LogP contribution in [0, 0.1) is 0 Å². The summed E-state index contributed by atoms with van der Waals surface area (Å²) in [4.78, 5) is 25.1. The first-order chi connectivity index (χ1) is 12.0. The van der Waals surface area contributed by atoms with Crippen molar-refractivity contribution in [3.8, 4) is 0 Å². The molecule has 0 bridgehead atoms. The zero-order valence-electron chi connectivity index (χ0n) is 14.6.